The van der Waals surface area contributed by atoms with E-state index in [1.165, 1.54) is 0 Å². The van der Waals surface area contributed by atoms with Crippen LogP contribution in [0.3, 0.4) is 0 Å². The van der Waals surface area contributed by atoms with Crippen molar-refractivity contribution in [3.63, 3.8) is 0 Å². The topological polar surface area (TPSA) is 28.7 Å². The molecule has 0 atom stereocenters. The van der Waals surface area contributed by atoms with Crippen LogP contribution in [-0.4, -0.2) is 4.57 Å². The van der Waals surface area contributed by atoms with Crippen LogP contribution in [0.1, 0.15) is 11.3 Å². The zero-order valence-corrected chi connectivity index (χ0v) is 10.7. The molecule has 2 nitrogen and oxygen atoms in total. The van der Waals surface area contributed by atoms with Gasteiger partial charge < -0.3 is 4.57 Å². The molecular weight excluding hydrogens is 288 g/mol. The minimum absolute atomic E-state index is 0.539. The summed E-state index contributed by atoms with van der Waals surface area (Å²) in [6, 6.07) is 11.7. The molecule has 0 aliphatic carbocycles. The molecule has 1 aromatic heterocycles. The van der Waals surface area contributed by atoms with Crippen molar-refractivity contribution in [3.8, 4) is 11.8 Å². The Hall–Kier alpha value is -1.24. The first kappa shape index (κ1) is 11.3. The average Bonchev–Trinajstić information content (AvgIpc) is 2.70. The molecule has 80 valence electrons. The van der Waals surface area contributed by atoms with Crippen LogP contribution in [0, 0.1) is 11.3 Å². The van der Waals surface area contributed by atoms with Crippen molar-refractivity contribution in [3.05, 3.63) is 52.8 Å². The second-order valence-corrected chi connectivity index (χ2v) is 4.33. The first-order chi connectivity index (χ1) is 7.74. The molecule has 0 radical (unpaired) electrons. The summed E-state index contributed by atoms with van der Waals surface area (Å²) in [5.41, 5.74) is 2.64. The summed E-state index contributed by atoms with van der Waals surface area (Å²) in [5.74, 6) is 0. The van der Waals surface area contributed by atoms with Crippen molar-refractivity contribution in [2.45, 2.75) is 5.33 Å². The van der Waals surface area contributed by atoms with E-state index < -0.39 is 0 Å². The molecule has 1 aromatic carbocycles. The van der Waals surface area contributed by atoms with Crippen molar-refractivity contribution in [2.24, 2.45) is 0 Å². The van der Waals surface area contributed by atoms with Crippen LogP contribution >= 0.6 is 27.5 Å². The average molecular weight is 296 g/mol. The van der Waals surface area contributed by atoms with Crippen LogP contribution < -0.4 is 0 Å². The molecule has 0 saturated heterocycles. The number of benzene rings is 1. The summed E-state index contributed by atoms with van der Waals surface area (Å²) >= 11 is 9.29. The van der Waals surface area contributed by atoms with Crippen LogP contribution in [0.15, 0.2) is 36.5 Å². The lowest BCUT2D eigenvalue weighted by atomic mass is 10.2. The SMILES string of the molecule is N#Cc1cc(Cl)cn1-c1cccc(CBr)c1. The molecule has 0 unspecified atom stereocenters. The highest BCUT2D eigenvalue weighted by Crippen LogP contribution is 2.20. The quantitative estimate of drug-likeness (QED) is 0.773. The number of hydrogen-bond donors (Lipinski definition) is 0. The summed E-state index contributed by atoms with van der Waals surface area (Å²) in [7, 11) is 0. The van der Waals surface area contributed by atoms with Crippen LogP contribution in [0.2, 0.25) is 5.02 Å². The molecule has 2 rings (SSSR count). The third kappa shape index (κ3) is 2.13. The van der Waals surface area contributed by atoms with Gasteiger partial charge in [-0.1, -0.05) is 39.7 Å². The monoisotopic (exact) mass is 294 g/mol. The zero-order valence-electron chi connectivity index (χ0n) is 8.32. The molecule has 0 aliphatic rings. The number of hydrogen-bond acceptors (Lipinski definition) is 1. The first-order valence-electron chi connectivity index (χ1n) is 4.68. The normalized spacial score (nSPS) is 10.1. The summed E-state index contributed by atoms with van der Waals surface area (Å²) < 4.78 is 1.79. The van der Waals surface area contributed by atoms with Gasteiger partial charge in [-0.3, -0.25) is 0 Å². The smallest absolute Gasteiger partial charge is 0.126 e. The lowest BCUT2D eigenvalue weighted by molar-refractivity contribution is 1.05. The van der Waals surface area contributed by atoms with E-state index in [1.807, 2.05) is 24.3 Å². The van der Waals surface area contributed by atoms with E-state index in [2.05, 4.69) is 22.0 Å². The van der Waals surface area contributed by atoms with Crippen molar-refractivity contribution in [1.29, 1.82) is 5.26 Å². The third-order valence-electron chi connectivity index (χ3n) is 2.24. The number of nitrogens with zero attached hydrogens (tertiary/aromatic N) is 2. The predicted octanol–water partition coefficient (Wildman–Crippen LogP) is 3.90. The number of nitriles is 1. The van der Waals surface area contributed by atoms with Crippen molar-refractivity contribution < 1.29 is 0 Å². The van der Waals surface area contributed by atoms with Crippen LogP contribution in [0.25, 0.3) is 5.69 Å². The fraction of sp³-hybridized carbons (Fsp3) is 0.0833. The van der Waals surface area contributed by atoms with Gasteiger partial charge in [-0.15, -0.1) is 0 Å². The highest BCUT2D eigenvalue weighted by atomic mass is 79.9. The van der Waals surface area contributed by atoms with E-state index >= 15 is 0 Å². The minimum Gasteiger partial charge on any atom is -0.307 e. The van der Waals surface area contributed by atoms with Gasteiger partial charge in [0.1, 0.15) is 11.8 Å². The van der Waals surface area contributed by atoms with Crippen molar-refractivity contribution in [1.82, 2.24) is 4.57 Å². The maximum atomic E-state index is 8.98. The number of halogens is 2. The number of alkyl halides is 1. The van der Waals surface area contributed by atoms with E-state index in [0.29, 0.717) is 10.7 Å². The summed E-state index contributed by atoms with van der Waals surface area (Å²) in [4.78, 5) is 0. The van der Waals surface area contributed by atoms with Crippen LogP contribution in [0.5, 0.6) is 0 Å². The lowest BCUT2D eigenvalue weighted by Gasteiger charge is -2.05. The molecule has 16 heavy (non-hydrogen) atoms. The Morgan fingerprint density at radius 3 is 2.88 bits per heavy atom. The zero-order chi connectivity index (χ0) is 11.5. The van der Waals surface area contributed by atoms with Crippen LogP contribution in [0.4, 0.5) is 0 Å². The molecule has 1 heterocycles. The molecule has 2 aromatic rings. The first-order valence-corrected chi connectivity index (χ1v) is 6.18. The molecule has 4 heteroatoms. The second kappa shape index (κ2) is 4.73. The Bertz CT molecular complexity index is 554. The predicted molar refractivity (Wildman–Crippen MR) is 68.1 cm³/mol. The largest absolute Gasteiger partial charge is 0.307 e. The molecule has 0 aliphatic heterocycles. The molecule has 0 bridgehead atoms. The van der Waals surface area contributed by atoms with Crippen molar-refractivity contribution >= 4 is 27.5 Å². The maximum Gasteiger partial charge on any atom is 0.126 e. The molecule has 0 spiro atoms. The van der Waals surface area contributed by atoms with Gasteiger partial charge in [0.2, 0.25) is 0 Å². The van der Waals surface area contributed by atoms with E-state index in [-0.39, 0.29) is 0 Å². The molecule has 0 amide bonds. The third-order valence-corrected chi connectivity index (χ3v) is 3.10. The fourth-order valence-electron chi connectivity index (χ4n) is 1.52. The Morgan fingerprint density at radius 1 is 1.38 bits per heavy atom. The Balaban J connectivity index is 2.54. The Morgan fingerprint density at radius 2 is 2.19 bits per heavy atom. The number of rotatable bonds is 2. The maximum absolute atomic E-state index is 8.98. The van der Waals surface area contributed by atoms with Gasteiger partial charge in [-0.05, 0) is 23.8 Å². The second-order valence-electron chi connectivity index (χ2n) is 3.33. The summed E-state index contributed by atoms with van der Waals surface area (Å²) in [6.45, 7) is 0. The van der Waals surface area contributed by atoms with E-state index in [0.717, 1.165) is 16.6 Å². The lowest BCUT2D eigenvalue weighted by Crippen LogP contribution is -1.95. The summed E-state index contributed by atoms with van der Waals surface area (Å²) in [6.07, 6.45) is 1.74. The van der Waals surface area contributed by atoms with E-state index in [9.17, 15) is 0 Å². The highest BCUT2D eigenvalue weighted by molar-refractivity contribution is 9.08. The highest BCUT2D eigenvalue weighted by Gasteiger charge is 2.06. The van der Waals surface area contributed by atoms with Gasteiger partial charge in [0, 0.05) is 17.2 Å². The van der Waals surface area contributed by atoms with Gasteiger partial charge >= 0.3 is 0 Å². The van der Waals surface area contributed by atoms with Gasteiger partial charge in [0.25, 0.3) is 0 Å². The molecular formula is C12H8BrClN2. The van der Waals surface area contributed by atoms with Crippen molar-refractivity contribution in [2.75, 3.05) is 0 Å². The summed E-state index contributed by atoms with van der Waals surface area (Å²) in [5, 5.41) is 10.3. The van der Waals surface area contributed by atoms with E-state index in [1.54, 1.807) is 16.8 Å². The van der Waals surface area contributed by atoms with E-state index in [4.69, 9.17) is 16.9 Å². The van der Waals surface area contributed by atoms with Gasteiger partial charge in [-0.25, -0.2) is 0 Å². The molecule has 0 saturated carbocycles. The molecule has 0 N–H and O–H groups in total. The minimum atomic E-state index is 0.539. The van der Waals surface area contributed by atoms with Crippen LogP contribution in [-0.2, 0) is 5.33 Å². The Labute approximate surface area is 107 Å². The fourth-order valence-corrected chi connectivity index (χ4v) is 2.07. The molecule has 0 fully saturated rings. The standard InChI is InChI=1S/C12H8BrClN2/c13-6-9-2-1-3-11(4-9)16-8-10(14)5-12(16)7-15/h1-5,8H,6H2. The Kier molecular flexibility index (Phi) is 3.33. The van der Waals surface area contributed by atoms with Gasteiger partial charge in [0.15, 0.2) is 0 Å². The van der Waals surface area contributed by atoms with Gasteiger partial charge in [-0.2, -0.15) is 5.26 Å². The van der Waals surface area contributed by atoms with Gasteiger partial charge in [0.05, 0.1) is 5.02 Å². The number of aromatic nitrogens is 1.